The van der Waals surface area contributed by atoms with Gasteiger partial charge in [-0.25, -0.2) is 0 Å². The highest BCUT2D eigenvalue weighted by atomic mass is 79.9. The zero-order valence-electron chi connectivity index (χ0n) is 6.46. The van der Waals surface area contributed by atoms with Crippen LogP contribution in [-0.4, -0.2) is 6.61 Å². The molecule has 1 rings (SSSR count). The topological polar surface area (TPSA) is 13.1 Å². The Bertz CT molecular complexity index is 227. The summed E-state index contributed by atoms with van der Waals surface area (Å²) in [5, 5.41) is 0. The van der Waals surface area contributed by atoms with E-state index in [2.05, 4.69) is 15.9 Å². The molecular formula is C8H11BrNO+. The highest BCUT2D eigenvalue weighted by Crippen LogP contribution is 2.02. The Hall–Kier alpha value is -0.410. The van der Waals surface area contributed by atoms with Gasteiger partial charge >= 0.3 is 0 Å². The fraction of sp³-hybridized carbons (Fsp3) is 0.375. The van der Waals surface area contributed by atoms with Crippen LogP contribution in [0.4, 0.5) is 0 Å². The minimum Gasteiger partial charge on any atom is -0.324 e. The third-order valence-corrected chi connectivity index (χ3v) is 1.74. The normalized spacial score (nSPS) is 10.0. The van der Waals surface area contributed by atoms with Crippen LogP contribution in [0.3, 0.4) is 0 Å². The van der Waals surface area contributed by atoms with Crippen molar-refractivity contribution in [2.75, 3.05) is 6.61 Å². The molecule has 11 heavy (non-hydrogen) atoms. The SMILES string of the molecule is CCOC[n+]1cccc(Br)c1. The summed E-state index contributed by atoms with van der Waals surface area (Å²) in [6.45, 7) is 3.36. The maximum atomic E-state index is 5.22. The molecule has 0 aliphatic rings. The average Bonchev–Trinajstić information content (AvgIpc) is 2.01. The van der Waals surface area contributed by atoms with E-state index in [1.165, 1.54) is 0 Å². The number of aromatic nitrogens is 1. The van der Waals surface area contributed by atoms with Crippen molar-refractivity contribution in [1.82, 2.24) is 0 Å². The molecule has 60 valence electrons. The van der Waals surface area contributed by atoms with Gasteiger partial charge in [0.1, 0.15) is 0 Å². The smallest absolute Gasteiger partial charge is 0.252 e. The van der Waals surface area contributed by atoms with E-state index in [0.29, 0.717) is 6.73 Å². The van der Waals surface area contributed by atoms with E-state index in [0.717, 1.165) is 11.1 Å². The van der Waals surface area contributed by atoms with Gasteiger partial charge in [0.15, 0.2) is 12.4 Å². The quantitative estimate of drug-likeness (QED) is 0.702. The van der Waals surface area contributed by atoms with E-state index in [4.69, 9.17) is 4.74 Å². The number of rotatable bonds is 3. The molecule has 0 atom stereocenters. The van der Waals surface area contributed by atoms with Gasteiger partial charge in [0, 0.05) is 6.07 Å². The summed E-state index contributed by atoms with van der Waals surface area (Å²) < 4.78 is 8.27. The second-order valence-electron chi connectivity index (χ2n) is 2.16. The maximum Gasteiger partial charge on any atom is 0.252 e. The van der Waals surface area contributed by atoms with E-state index in [1.807, 2.05) is 36.0 Å². The molecule has 0 radical (unpaired) electrons. The third kappa shape index (κ3) is 2.99. The molecular weight excluding hydrogens is 206 g/mol. The van der Waals surface area contributed by atoms with Gasteiger partial charge in [-0.2, -0.15) is 4.57 Å². The van der Waals surface area contributed by atoms with Gasteiger partial charge in [-0.05, 0) is 28.9 Å². The molecule has 1 heterocycles. The van der Waals surface area contributed by atoms with Crippen LogP contribution < -0.4 is 4.57 Å². The van der Waals surface area contributed by atoms with Crippen LogP contribution in [0.1, 0.15) is 6.92 Å². The molecule has 0 saturated heterocycles. The number of ether oxygens (including phenoxy) is 1. The van der Waals surface area contributed by atoms with E-state index < -0.39 is 0 Å². The first-order chi connectivity index (χ1) is 5.33. The van der Waals surface area contributed by atoms with Crippen LogP contribution >= 0.6 is 15.9 Å². The summed E-state index contributed by atoms with van der Waals surface area (Å²) >= 11 is 3.38. The summed E-state index contributed by atoms with van der Waals surface area (Å²) in [4.78, 5) is 0. The molecule has 3 heteroatoms. The van der Waals surface area contributed by atoms with Gasteiger partial charge in [0.25, 0.3) is 6.73 Å². The summed E-state index contributed by atoms with van der Waals surface area (Å²) in [5.74, 6) is 0. The Labute approximate surface area is 74.9 Å². The summed E-state index contributed by atoms with van der Waals surface area (Å²) in [5.41, 5.74) is 0. The highest BCUT2D eigenvalue weighted by molar-refractivity contribution is 9.10. The average molecular weight is 217 g/mol. The van der Waals surface area contributed by atoms with Crippen LogP contribution in [0.25, 0.3) is 0 Å². The Kier molecular flexibility index (Phi) is 3.52. The number of halogens is 1. The fourth-order valence-corrected chi connectivity index (χ4v) is 1.18. The second kappa shape index (κ2) is 4.46. The van der Waals surface area contributed by atoms with Crippen LogP contribution in [0.2, 0.25) is 0 Å². The van der Waals surface area contributed by atoms with E-state index >= 15 is 0 Å². The van der Waals surface area contributed by atoms with Crippen molar-refractivity contribution in [3.05, 3.63) is 29.0 Å². The third-order valence-electron chi connectivity index (χ3n) is 1.27. The van der Waals surface area contributed by atoms with Gasteiger partial charge in [0.2, 0.25) is 0 Å². The lowest BCUT2D eigenvalue weighted by Gasteiger charge is -1.95. The lowest BCUT2D eigenvalue weighted by molar-refractivity contribution is -0.733. The zero-order chi connectivity index (χ0) is 8.10. The number of hydrogen-bond acceptors (Lipinski definition) is 1. The zero-order valence-corrected chi connectivity index (χ0v) is 8.04. The molecule has 0 aromatic carbocycles. The van der Waals surface area contributed by atoms with E-state index in [9.17, 15) is 0 Å². The standard InChI is InChI=1S/C8H11BrNO/c1-2-11-7-10-5-3-4-8(9)6-10/h3-6H,2,7H2,1H3/q+1. The molecule has 0 bridgehead atoms. The number of nitrogens with zero attached hydrogens (tertiary/aromatic N) is 1. The molecule has 0 amide bonds. The largest absolute Gasteiger partial charge is 0.324 e. The lowest BCUT2D eigenvalue weighted by Crippen LogP contribution is -2.34. The molecule has 1 aromatic heterocycles. The van der Waals surface area contributed by atoms with Crippen LogP contribution in [0, 0.1) is 0 Å². The fourth-order valence-electron chi connectivity index (χ4n) is 0.767. The molecule has 0 aliphatic carbocycles. The van der Waals surface area contributed by atoms with Crippen molar-refractivity contribution in [2.45, 2.75) is 13.7 Å². The molecule has 0 aliphatic heterocycles. The van der Waals surface area contributed by atoms with Crippen molar-refractivity contribution >= 4 is 15.9 Å². The van der Waals surface area contributed by atoms with Crippen molar-refractivity contribution < 1.29 is 9.30 Å². The summed E-state index contributed by atoms with van der Waals surface area (Å²) in [6.07, 6.45) is 3.95. The molecule has 0 unspecified atom stereocenters. The highest BCUT2D eigenvalue weighted by Gasteiger charge is 1.97. The van der Waals surface area contributed by atoms with Gasteiger partial charge in [-0.1, -0.05) is 0 Å². The Morgan fingerprint density at radius 3 is 3.09 bits per heavy atom. The van der Waals surface area contributed by atoms with Gasteiger partial charge in [-0.3, -0.25) is 0 Å². The first-order valence-corrected chi connectivity index (χ1v) is 4.34. The summed E-state index contributed by atoms with van der Waals surface area (Å²) in [6, 6.07) is 3.96. The van der Waals surface area contributed by atoms with E-state index in [1.54, 1.807) is 0 Å². The van der Waals surface area contributed by atoms with Crippen molar-refractivity contribution in [2.24, 2.45) is 0 Å². The van der Waals surface area contributed by atoms with Crippen LogP contribution in [0.15, 0.2) is 29.0 Å². The second-order valence-corrected chi connectivity index (χ2v) is 3.07. The monoisotopic (exact) mass is 216 g/mol. The molecule has 0 fully saturated rings. The molecule has 0 spiro atoms. The first kappa shape index (κ1) is 8.68. The Balaban J connectivity index is 2.56. The molecule has 1 aromatic rings. The predicted octanol–water partition coefficient (Wildman–Crippen LogP) is 1.73. The lowest BCUT2D eigenvalue weighted by atomic mass is 10.5. The maximum absolute atomic E-state index is 5.22. The molecule has 2 nitrogen and oxygen atoms in total. The van der Waals surface area contributed by atoms with Crippen molar-refractivity contribution in [1.29, 1.82) is 0 Å². The first-order valence-electron chi connectivity index (χ1n) is 3.55. The van der Waals surface area contributed by atoms with Gasteiger partial charge in [0.05, 0.1) is 11.1 Å². The van der Waals surface area contributed by atoms with Crippen LogP contribution in [-0.2, 0) is 11.5 Å². The van der Waals surface area contributed by atoms with Crippen molar-refractivity contribution in [3.8, 4) is 0 Å². The number of pyridine rings is 1. The van der Waals surface area contributed by atoms with Gasteiger partial charge in [-0.15, -0.1) is 0 Å². The van der Waals surface area contributed by atoms with Crippen molar-refractivity contribution in [3.63, 3.8) is 0 Å². The molecule has 0 N–H and O–H groups in total. The number of hydrogen-bond donors (Lipinski definition) is 0. The minimum atomic E-state index is 0.621. The Morgan fingerprint density at radius 1 is 1.64 bits per heavy atom. The van der Waals surface area contributed by atoms with Crippen LogP contribution in [0.5, 0.6) is 0 Å². The minimum absolute atomic E-state index is 0.621. The Morgan fingerprint density at radius 2 is 2.45 bits per heavy atom. The molecule has 0 saturated carbocycles. The van der Waals surface area contributed by atoms with Gasteiger partial charge < -0.3 is 4.74 Å². The van der Waals surface area contributed by atoms with E-state index in [-0.39, 0.29) is 0 Å². The predicted molar refractivity (Wildman–Crippen MR) is 46.0 cm³/mol. The summed E-state index contributed by atoms with van der Waals surface area (Å²) in [7, 11) is 0.